The molecule has 11 heteroatoms. The molecule has 0 aromatic rings. The SMILES string of the molecule is CC(C)=CCC[C@H](C)CCO[C@@H]1O[C@H](CO)[C@@H](O)[C@H](O)[C@H]1O[C@@H]1O[C@H](CO)[C@@H](O)[C@H](O)[C@H]1O. The molecule has 2 heterocycles. The first-order chi connectivity index (χ1) is 15.6. The quantitative estimate of drug-likeness (QED) is 0.169. The average molecular weight is 481 g/mol. The van der Waals surface area contributed by atoms with Crippen molar-refractivity contribution >= 4 is 0 Å². The topological polar surface area (TPSA) is 179 Å². The van der Waals surface area contributed by atoms with Crippen molar-refractivity contribution in [1.29, 1.82) is 0 Å². The minimum Gasteiger partial charge on any atom is -0.394 e. The van der Waals surface area contributed by atoms with Gasteiger partial charge in [0.05, 0.1) is 19.8 Å². The zero-order valence-corrected chi connectivity index (χ0v) is 19.4. The van der Waals surface area contributed by atoms with Crippen LogP contribution in [0.1, 0.15) is 40.0 Å². The van der Waals surface area contributed by atoms with Gasteiger partial charge in [0.25, 0.3) is 0 Å². The molecule has 7 N–H and O–H groups in total. The second kappa shape index (κ2) is 13.4. The Kier molecular flexibility index (Phi) is 11.6. The molecule has 0 aromatic carbocycles. The Morgan fingerprint density at radius 2 is 1.39 bits per heavy atom. The molecule has 11 nitrogen and oxygen atoms in total. The number of hydrogen-bond acceptors (Lipinski definition) is 11. The lowest BCUT2D eigenvalue weighted by Crippen LogP contribution is -2.64. The van der Waals surface area contributed by atoms with Gasteiger partial charge in [-0.3, -0.25) is 0 Å². The smallest absolute Gasteiger partial charge is 0.187 e. The first-order valence-corrected chi connectivity index (χ1v) is 11.4. The molecule has 0 aliphatic carbocycles. The highest BCUT2D eigenvalue weighted by Crippen LogP contribution is 2.30. The monoisotopic (exact) mass is 480 g/mol. The van der Waals surface area contributed by atoms with Crippen LogP contribution in [0.4, 0.5) is 0 Å². The van der Waals surface area contributed by atoms with Gasteiger partial charge in [-0.05, 0) is 39.0 Å². The molecule has 11 atom stereocenters. The third kappa shape index (κ3) is 7.64. The summed E-state index contributed by atoms with van der Waals surface area (Å²) in [7, 11) is 0. The molecule has 0 amide bonds. The van der Waals surface area contributed by atoms with Crippen molar-refractivity contribution in [3.05, 3.63) is 11.6 Å². The van der Waals surface area contributed by atoms with Crippen molar-refractivity contribution in [2.45, 2.75) is 101 Å². The molecule has 194 valence electrons. The summed E-state index contributed by atoms with van der Waals surface area (Å²) in [6, 6.07) is 0. The molecule has 0 spiro atoms. The lowest BCUT2D eigenvalue weighted by atomic mass is 9.97. The van der Waals surface area contributed by atoms with Crippen LogP contribution in [0.3, 0.4) is 0 Å². The molecule has 2 aliphatic heterocycles. The lowest BCUT2D eigenvalue weighted by Gasteiger charge is -2.46. The van der Waals surface area contributed by atoms with Gasteiger partial charge in [-0.15, -0.1) is 0 Å². The van der Waals surface area contributed by atoms with E-state index in [1.807, 2.05) is 13.8 Å². The van der Waals surface area contributed by atoms with Gasteiger partial charge < -0.3 is 54.7 Å². The van der Waals surface area contributed by atoms with E-state index in [4.69, 9.17) is 18.9 Å². The first kappa shape index (κ1) is 28.5. The van der Waals surface area contributed by atoms with Gasteiger partial charge in [0.2, 0.25) is 0 Å². The Hall–Kier alpha value is -0.700. The first-order valence-electron chi connectivity index (χ1n) is 11.4. The summed E-state index contributed by atoms with van der Waals surface area (Å²) in [5.74, 6) is 0.346. The van der Waals surface area contributed by atoms with Crippen LogP contribution in [-0.4, -0.2) is 117 Å². The summed E-state index contributed by atoms with van der Waals surface area (Å²) in [5.41, 5.74) is 1.25. The third-order valence-corrected chi connectivity index (χ3v) is 6.07. The Balaban J connectivity index is 2.03. The standard InChI is InChI=1S/C22H40O11/c1-11(2)5-4-6-12(3)7-8-30-22-20(18(28)16(26)14(10-24)32-22)33-21-19(29)17(27)15(25)13(9-23)31-21/h5,12-29H,4,6-10H2,1-3H3/t12-,13+,14+,15+,16+,17-,18-,19+,20+,21-,22+/m0/s1. The van der Waals surface area contributed by atoms with E-state index in [2.05, 4.69) is 13.0 Å². The number of ether oxygens (including phenoxy) is 4. The van der Waals surface area contributed by atoms with Gasteiger partial charge in [-0.25, -0.2) is 0 Å². The predicted octanol–water partition coefficient (Wildman–Crippen LogP) is -1.60. The van der Waals surface area contributed by atoms with Crippen LogP contribution >= 0.6 is 0 Å². The van der Waals surface area contributed by atoms with Crippen molar-refractivity contribution < 1.29 is 54.7 Å². The molecule has 0 aromatic heterocycles. The third-order valence-electron chi connectivity index (χ3n) is 6.07. The molecular weight excluding hydrogens is 440 g/mol. The Morgan fingerprint density at radius 1 is 0.818 bits per heavy atom. The zero-order chi connectivity index (χ0) is 24.7. The molecule has 2 aliphatic rings. The summed E-state index contributed by atoms with van der Waals surface area (Å²) in [5, 5.41) is 69.9. The van der Waals surface area contributed by atoms with Gasteiger partial charge >= 0.3 is 0 Å². The van der Waals surface area contributed by atoms with Crippen molar-refractivity contribution in [3.8, 4) is 0 Å². The summed E-state index contributed by atoms with van der Waals surface area (Å²) >= 11 is 0. The summed E-state index contributed by atoms with van der Waals surface area (Å²) in [6.07, 6.45) is -9.66. The normalized spacial score (nSPS) is 40.4. The molecule has 33 heavy (non-hydrogen) atoms. The van der Waals surface area contributed by atoms with Crippen molar-refractivity contribution in [2.24, 2.45) is 5.92 Å². The van der Waals surface area contributed by atoms with Crippen LogP contribution in [0.5, 0.6) is 0 Å². The fraction of sp³-hybridized carbons (Fsp3) is 0.909. The maximum absolute atomic E-state index is 10.6. The van der Waals surface area contributed by atoms with E-state index in [0.29, 0.717) is 12.3 Å². The number of aliphatic hydroxyl groups excluding tert-OH is 7. The molecule has 2 saturated heterocycles. The lowest BCUT2D eigenvalue weighted by molar-refractivity contribution is -0.367. The van der Waals surface area contributed by atoms with Crippen LogP contribution in [0.15, 0.2) is 11.6 Å². The van der Waals surface area contributed by atoms with Crippen molar-refractivity contribution in [3.63, 3.8) is 0 Å². The van der Waals surface area contributed by atoms with Gasteiger partial charge in [-0.2, -0.15) is 0 Å². The number of rotatable bonds is 11. The van der Waals surface area contributed by atoms with Gasteiger partial charge in [0.1, 0.15) is 48.8 Å². The summed E-state index contributed by atoms with van der Waals surface area (Å²) in [4.78, 5) is 0. The summed E-state index contributed by atoms with van der Waals surface area (Å²) in [6.45, 7) is 5.21. The fourth-order valence-electron chi connectivity index (χ4n) is 3.86. The number of aliphatic hydroxyl groups is 7. The Labute approximate surface area is 194 Å². The van der Waals surface area contributed by atoms with Gasteiger partial charge in [0.15, 0.2) is 12.6 Å². The molecule has 0 bridgehead atoms. The molecule has 0 radical (unpaired) electrons. The van der Waals surface area contributed by atoms with E-state index in [1.165, 1.54) is 5.57 Å². The summed E-state index contributed by atoms with van der Waals surface area (Å²) < 4.78 is 22.3. The van der Waals surface area contributed by atoms with Crippen LogP contribution in [-0.2, 0) is 18.9 Å². The molecule has 2 rings (SSSR count). The number of hydrogen-bond donors (Lipinski definition) is 7. The van der Waals surface area contributed by atoms with E-state index >= 15 is 0 Å². The second-order valence-electron chi connectivity index (χ2n) is 9.13. The Morgan fingerprint density at radius 3 is 1.97 bits per heavy atom. The molecule has 0 unspecified atom stereocenters. The maximum Gasteiger partial charge on any atom is 0.187 e. The van der Waals surface area contributed by atoms with Crippen LogP contribution < -0.4 is 0 Å². The van der Waals surface area contributed by atoms with E-state index in [9.17, 15) is 35.7 Å². The van der Waals surface area contributed by atoms with Gasteiger partial charge in [0, 0.05) is 0 Å². The number of allylic oxidation sites excluding steroid dienone is 2. The van der Waals surface area contributed by atoms with E-state index in [-0.39, 0.29) is 6.61 Å². The fourth-order valence-corrected chi connectivity index (χ4v) is 3.86. The Bertz CT molecular complexity index is 597. The largest absolute Gasteiger partial charge is 0.394 e. The second-order valence-corrected chi connectivity index (χ2v) is 9.13. The highest BCUT2D eigenvalue weighted by Gasteiger charge is 2.50. The highest BCUT2D eigenvalue weighted by molar-refractivity contribution is 4.94. The van der Waals surface area contributed by atoms with Crippen LogP contribution in [0.2, 0.25) is 0 Å². The van der Waals surface area contributed by atoms with Crippen LogP contribution in [0.25, 0.3) is 0 Å². The van der Waals surface area contributed by atoms with Gasteiger partial charge in [-0.1, -0.05) is 18.6 Å². The molecule has 2 fully saturated rings. The average Bonchev–Trinajstić information content (AvgIpc) is 2.77. The zero-order valence-electron chi connectivity index (χ0n) is 19.4. The van der Waals surface area contributed by atoms with Crippen LogP contribution in [0, 0.1) is 5.92 Å². The molecule has 0 saturated carbocycles. The minimum absolute atomic E-state index is 0.246. The van der Waals surface area contributed by atoms with E-state index < -0.39 is 74.6 Å². The van der Waals surface area contributed by atoms with E-state index in [0.717, 1.165) is 12.8 Å². The van der Waals surface area contributed by atoms with Crippen molar-refractivity contribution in [1.82, 2.24) is 0 Å². The van der Waals surface area contributed by atoms with E-state index in [1.54, 1.807) is 0 Å². The maximum atomic E-state index is 10.6. The highest BCUT2D eigenvalue weighted by atomic mass is 16.8. The minimum atomic E-state index is -1.70. The molecular formula is C22H40O11. The predicted molar refractivity (Wildman–Crippen MR) is 115 cm³/mol. The van der Waals surface area contributed by atoms with Crippen molar-refractivity contribution in [2.75, 3.05) is 19.8 Å².